The lowest BCUT2D eigenvalue weighted by atomic mass is 9.52. The Kier molecular flexibility index (Phi) is 2.98. The molecule has 4 rings (SSSR count). The monoisotopic (exact) mass is 285 g/mol. The second kappa shape index (κ2) is 4.75. The van der Waals surface area contributed by atoms with Gasteiger partial charge in [0.1, 0.15) is 5.75 Å². The average Bonchev–Trinajstić information content (AvgIpc) is 2.54. The van der Waals surface area contributed by atoms with Crippen LogP contribution in [0.3, 0.4) is 0 Å². The molecule has 3 nitrogen and oxygen atoms in total. The SMILES string of the molecule is COc1ccc2c(c1)C[C@@H]1[C@@H]3CCCC[C@]23CCN1C=O. The van der Waals surface area contributed by atoms with Gasteiger partial charge < -0.3 is 9.64 Å². The molecule has 2 aliphatic carbocycles. The van der Waals surface area contributed by atoms with E-state index in [1.54, 1.807) is 12.7 Å². The largest absolute Gasteiger partial charge is 0.497 e. The van der Waals surface area contributed by atoms with Gasteiger partial charge in [0, 0.05) is 18.0 Å². The molecule has 0 unspecified atom stereocenters. The first-order chi connectivity index (χ1) is 10.3. The van der Waals surface area contributed by atoms with Crippen molar-refractivity contribution in [2.45, 2.75) is 50.0 Å². The maximum Gasteiger partial charge on any atom is 0.209 e. The number of carbonyl (C=O) groups excluding carboxylic acids is 1. The zero-order chi connectivity index (χ0) is 14.4. The van der Waals surface area contributed by atoms with E-state index < -0.39 is 0 Å². The molecule has 3 atom stereocenters. The summed E-state index contributed by atoms with van der Waals surface area (Å²) in [6.07, 6.45) is 8.43. The molecule has 0 radical (unpaired) electrons. The van der Waals surface area contributed by atoms with E-state index in [1.807, 2.05) is 0 Å². The van der Waals surface area contributed by atoms with Crippen LogP contribution in [0.25, 0.3) is 0 Å². The Morgan fingerprint density at radius 2 is 2.24 bits per heavy atom. The number of amides is 1. The van der Waals surface area contributed by atoms with Crippen molar-refractivity contribution >= 4 is 6.41 Å². The van der Waals surface area contributed by atoms with Gasteiger partial charge in [0.2, 0.25) is 6.41 Å². The fraction of sp³-hybridized carbons (Fsp3) is 0.611. The van der Waals surface area contributed by atoms with Crippen molar-refractivity contribution in [3.63, 3.8) is 0 Å². The molecule has 1 aliphatic heterocycles. The van der Waals surface area contributed by atoms with Crippen molar-refractivity contribution in [2.75, 3.05) is 13.7 Å². The summed E-state index contributed by atoms with van der Waals surface area (Å²) in [5, 5.41) is 0. The maximum absolute atomic E-state index is 11.5. The third-order valence-corrected chi connectivity index (χ3v) is 6.22. The zero-order valence-corrected chi connectivity index (χ0v) is 12.7. The standard InChI is InChI=1S/C18H23NO2/c1-21-14-5-6-15-13(10-14)11-17-16-4-2-3-7-18(15,16)8-9-19(17)12-20/h5-6,10,12,16-17H,2-4,7-9,11H2,1H3/t16-,17+,18-/m0/s1. The van der Waals surface area contributed by atoms with E-state index >= 15 is 0 Å². The van der Waals surface area contributed by atoms with Crippen molar-refractivity contribution in [1.82, 2.24) is 4.90 Å². The topological polar surface area (TPSA) is 29.5 Å². The summed E-state index contributed by atoms with van der Waals surface area (Å²) in [5.41, 5.74) is 3.28. The first kappa shape index (κ1) is 13.2. The van der Waals surface area contributed by atoms with Gasteiger partial charge in [-0.15, -0.1) is 0 Å². The summed E-state index contributed by atoms with van der Waals surface area (Å²) in [6.45, 7) is 0.927. The molecule has 21 heavy (non-hydrogen) atoms. The fourth-order valence-electron chi connectivity index (χ4n) is 5.30. The second-order valence-corrected chi connectivity index (χ2v) is 6.90. The minimum atomic E-state index is 0.322. The predicted molar refractivity (Wildman–Crippen MR) is 81.5 cm³/mol. The zero-order valence-electron chi connectivity index (χ0n) is 12.7. The molecule has 1 aromatic carbocycles. The second-order valence-electron chi connectivity index (χ2n) is 6.90. The van der Waals surface area contributed by atoms with Crippen molar-refractivity contribution in [2.24, 2.45) is 5.92 Å². The van der Waals surface area contributed by atoms with Crippen molar-refractivity contribution in [1.29, 1.82) is 0 Å². The minimum Gasteiger partial charge on any atom is -0.497 e. The summed E-state index contributed by atoms with van der Waals surface area (Å²) in [5.74, 6) is 1.60. The van der Waals surface area contributed by atoms with E-state index in [0.29, 0.717) is 17.4 Å². The average molecular weight is 285 g/mol. The lowest BCUT2D eigenvalue weighted by Crippen LogP contribution is -2.60. The van der Waals surface area contributed by atoms with Crippen molar-refractivity contribution < 1.29 is 9.53 Å². The highest BCUT2D eigenvalue weighted by molar-refractivity contribution is 5.52. The van der Waals surface area contributed by atoms with Gasteiger partial charge in [-0.25, -0.2) is 0 Å². The Balaban J connectivity index is 1.86. The highest BCUT2D eigenvalue weighted by Crippen LogP contribution is 2.55. The molecule has 3 heteroatoms. The van der Waals surface area contributed by atoms with Crippen molar-refractivity contribution in [3.8, 4) is 5.75 Å². The number of piperidine rings is 1. The molecular weight excluding hydrogens is 262 g/mol. The molecule has 0 aromatic heterocycles. The lowest BCUT2D eigenvalue weighted by molar-refractivity contribution is -0.126. The third kappa shape index (κ3) is 1.76. The molecule has 3 aliphatic rings. The van der Waals surface area contributed by atoms with Crippen LogP contribution in [0.5, 0.6) is 5.75 Å². The number of carbonyl (C=O) groups is 1. The van der Waals surface area contributed by atoms with Gasteiger partial charge in [-0.1, -0.05) is 18.9 Å². The number of hydrogen-bond acceptors (Lipinski definition) is 2. The van der Waals surface area contributed by atoms with Crippen molar-refractivity contribution in [3.05, 3.63) is 29.3 Å². The Bertz CT molecular complexity index is 570. The molecule has 0 spiro atoms. The maximum atomic E-state index is 11.5. The first-order valence-electron chi connectivity index (χ1n) is 8.17. The number of nitrogens with zero attached hydrogens (tertiary/aromatic N) is 1. The fourth-order valence-corrected chi connectivity index (χ4v) is 5.30. The lowest BCUT2D eigenvalue weighted by Gasteiger charge is -2.58. The Morgan fingerprint density at radius 3 is 3.05 bits per heavy atom. The smallest absolute Gasteiger partial charge is 0.209 e. The molecule has 1 amide bonds. The van der Waals surface area contributed by atoms with E-state index in [9.17, 15) is 4.79 Å². The number of ether oxygens (including phenoxy) is 1. The van der Waals surface area contributed by atoms with Gasteiger partial charge in [-0.3, -0.25) is 4.79 Å². The van der Waals surface area contributed by atoms with Crippen LogP contribution in [-0.4, -0.2) is 31.0 Å². The number of fused-ring (bicyclic) bond motifs is 1. The van der Waals surface area contributed by atoms with Crippen LogP contribution in [0.15, 0.2) is 18.2 Å². The molecule has 1 saturated carbocycles. The Labute approximate surface area is 126 Å². The number of methoxy groups -OCH3 is 1. The van der Waals surface area contributed by atoms with Crippen LogP contribution < -0.4 is 4.74 Å². The van der Waals surface area contributed by atoms with Crippen LogP contribution in [-0.2, 0) is 16.6 Å². The molecule has 1 saturated heterocycles. The van der Waals surface area contributed by atoms with Crippen LogP contribution in [0.2, 0.25) is 0 Å². The molecular formula is C18H23NO2. The van der Waals surface area contributed by atoms with Crippen LogP contribution in [0, 0.1) is 5.92 Å². The van der Waals surface area contributed by atoms with E-state index in [4.69, 9.17) is 4.74 Å². The first-order valence-corrected chi connectivity index (χ1v) is 8.17. The Hall–Kier alpha value is -1.51. The van der Waals surface area contributed by atoms with Crippen LogP contribution >= 0.6 is 0 Å². The predicted octanol–water partition coefficient (Wildman–Crippen LogP) is 2.91. The summed E-state index contributed by atoms with van der Waals surface area (Å²) >= 11 is 0. The normalized spacial score (nSPS) is 33.9. The number of likely N-dealkylation sites (tertiary alicyclic amines) is 1. The summed E-state index contributed by atoms with van der Waals surface area (Å²) in [7, 11) is 1.73. The van der Waals surface area contributed by atoms with Crippen LogP contribution in [0.1, 0.15) is 43.2 Å². The molecule has 1 aromatic rings. The van der Waals surface area contributed by atoms with Gasteiger partial charge in [-0.05, 0) is 54.9 Å². The van der Waals surface area contributed by atoms with Crippen LogP contribution in [0.4, 0.5) is 0 Å². The van der Waals surface area contributed by atoms with Gasteiger partial charge >= 0.3 is 0 Å². The van der Waals surface area contributed by atoms with Gasteiger partial charge in [-0.2, -0.15) is 0 Å². The van der Waals surface area contributed by atoms with Gasteiger partial charge in [0.05, 0.1) is 7.11 Å². The third-order valence-electron chi connectivity index (χ3n) is 6.22. The summed E-state index contributed by atoms with van der Waals surface area (Å²) in [6, 6.07) is 7.02. The highest BCUT2D eigenvalue weighted by Gasteiger charge is 2.53. The van der Waals surface area contributed by atoms with E-state index in [-0.39, 0.29) is 0 Å². The number of benzene rings is 1. The van der Waals surface area contributed by atoms with E-state index in [2.05, 4.69) is 23.1 Å². The minimum absolute atomic E-state index is 0.322. The summed E-state index contributed by atoms with van der Waals surface area (Å²) in [4.78, 5) is 13.5. The number of rotatable bonds is 2. The number of hydrogen-bond donors (Lipinski definition) is 0. The van der Waals surface area contributed by atoms with Gasteiger partial charge in [0.15, 0.2) is 0 Å². The quantitative estimate of drug-likeness (QED) is 0.782. The van der Waals surface area contributed by atoms with Gasteiger partial charge in [0.25, 0.3) is 0 Å². The molecule has 0 N–H and O–H groups in total. The van der Waals surface area contributed by atoms with E-state index in [0.717, 1.165) is 31.5 Å². The van der Waals surface area contributed by atoms with E-state index in [1.165, 1.54) is 31.2 Å². The Morgan fingerprint density at radius 1 is 1.33 bits per heavy atom. The molecule has 1 heterocycles. The summed E-state index contributed by atoms with van der Waals surface area (Å²) < 4.78 is 5.41. The highest BCUT2D eigenvalue weighted by atomic mass is 16.5. The molecule has 2 fully saturated rings. The molecule has 112 valence electrons. The molecule has 2 bridgehead atoms.